The van der Waals surface area contributed by atoms with Crippen molar-refractivity contribution in [2.24, 2.45) is 0 Å². The van der Waals surface area contributed by atoms with Crippen molar-refractivity contribution in [3.8, 4) is 10.6 Å². The Bertz CT molecular complexity index is 1320. The molecule has 0 saturated heterocycles. The number of nitrogens with one attached hydrogen (secondary N) is 2. The molecule has 3 heterocycles. The Balaban J connectivity index is 1.54. The fourth-order valence-corrected chi connectivity index (χ4v) is 3.84. The lowest BCUT2D eigenvalue weighted by atomic mass is 10.1. The fourth-order valence-electron chi connectivity index (χ4n) is 3.01. The first-order valence-corrected chi connectivity index (χ1v) is 10.0. The number of thiophene rings is 1. The Morgan fingerprint density at radius 2 is 1.90 bits per heavy atom. The van der Waals surface area contributed by atoms with Gasteiger partial charge in [0.1, 0.15) is 0 Å². The molecule has 4 rings (SSSR count). The summed E-state index contributed by atoms with van der Waals surface area (Å²) >= 11 is 1.52. The third-order valence-corrected chi connectivity index (χ3v) is 5.49. The van der Waals surface area contributed by atoms with Gasteiger partial charge in [0, 0.05) is 16.6 Å². The molecule has 0 radical (unpaired) electrons. The molecule has 2 amide bonds. The van der Waals surface area contributed by atoms with Crippen LogP contribution in [0.4, 0.5) is 14.5 Å². The zero-order chi connectivity index (χ0) is 22.1. The molecule has 158 valence electrons. The van der Waals surface area contributed by atoms with Crippen LogP contribution in [0.15, 0.2) is 40.9 Å². The molecule has 2 N–H and O–H groups in total. The molecule has 7 nitrogen and oxygen atoms in total. The largest absolute Gasteiger partial charge is 0.343 e. The van der Waals surface area contributed by atoms with Crippen LogP contribution in [-0.4, -0.2) is 28.5 Å². The summed E-state index contributed by atoms with van der Waals surface area (Å²) in [4.78, 5) is 31.4. The molecule has 0 aliphatic carbocycles. The normalized spacial score (nSPS) is 11.0. The average Bonchev–Trinajstić information content (AvgIpc) is 3.34. The highest BCUT2D eigenvalue weighted by Gasteiger charge is 2.20. The number of fused-ring (bicyclic) bond motifs is 1. The summed E-state index contributed by atoms with van der Waals surface area (Å²) in [7, 11) is 0. The number of carbonyl (C=O) groups excluding carboxylic acids is 2. The summed E-state index contributed by atoms with van der Waals surface area (Å²) in [5, 5.41) is 9.26. The van der Waals surface area contributed by atoms with Crippen molar-refractivity contribution in [2.75, 3.05) is 11.9 Å². The SMILES string of the molecule is Cc1ccc(-c2cc(C(=O)NCC(=O)Nc3ccc(F)c(F)c3)c3c(C)noc3n2)s1. The van der Waals surface area contributed by atoms with Crippen molar-refractivity contribution >= 4 is 39.9 Å². The van der Waals surface area contributed by atoms with Gasteiger partial charge in [0.2, 0.25) is 5.91 Å². The van der Waals surface area contributed by atoms with Gasteiger partial charge in [-0.15, -0.1) is 11.3 Å². The highest BCUT2D eigenvalue weighted by Crippen LogP contribution is 2.31. The monoisotopic (exact) mass is 442 g/mol. The average molecular weight is 442 g/mol. The smallest absolute Gasteiger partial charge is 0.259 e. The summed E-state index contributed by atoms with van der Waals surface area (Å²) in [5.41, 5.74) is 1.61. The van der Waals surface area contributed by atoms with E-state index in [4.69, 9.17) is 4.52 Å². The van der Waals surface area contributed by atoms with Crippen LogP contribution in [0.25, 0.3) is 21.7 Å². The number of hydrogen-bond donors (Lipinski definition) is 2. The van der Waals surface area contributed by atoms with Crippen LogP contribution in [0.1, 0.15) is 20.9 Å². The second-order valence-electron chi connectivity index (χ2n) is 6.77. The lowest BCUT2D eigenvalue weighted by molar-refractivity contribution is -0.115. The van der Waals surface area contributed by atoms with Gasteiger partial charge in [0.25, 0.3) is 11.6 Å². The number of pyridine rings is 1. The van der Waals surface area contributed by atoms with Crippen LogP contribution in [0, 0.1) is 25.5 Å². The van der Waals surface area contributed by atoms with E-state index in [1.54, 1.807) is 13.0 Å². The fraction of sp³-hybridized carbons (Fsp3) is 0.143. The molecular weight excluding hydrogens is 426 g/mol. The zero-order valence-electron chi connectivity index (χ0n) is 16.5. The van der Waals surface area contributed by atoms with Crippen molar-refractivity contribution in [1.29, 1.82) is 0 Å². The molecule has 0 aliphatic rings. The van der Waals surface area contributed by atoms with E-state index in [9.17, 15) is 18.4 Å². The third-order valence-electron chi connectivity index (χ3n) is 4.47. The molecule has 0 saturated carbocycles. The van der Waals surface area contributed by atoms with Crippen LogP contribution in [0.3, 0.4) is 0 Å². The van der Waals surface area contributed by atoms with Gasteiger partial charge in [-0.05, 0) is 44.2 Å². The van der Waals surface area contributed by atoms with E-state index in [0.717, 1.165) is 21.9 Å². The second kappa shape index (κ2) is 8.23. The number of benzene rings is 1. The molecule has 4 aromatic rings. The molecule has 0 spiro atoms. The molecule has 31 heavy (non-hydrogen) atoms. The van der Waals surface area contributed by atoms with Gasteiger partial charge in [0.05, 0.1) is 33.8 Å². The molecule has 10 heteroatoms. The Labute approximate surface area is 179 Å². The number of halogens is 2. The summed E-state index contributed by atoms with van der Waals surface area (Å²) in [6, 6.07) is 8.45. The van der Waals surface area contributed by atoms with Gasteiger partial charge < -0.3 is 15.2 Å². The van der Waals surface area contributed by atoms with E-state index in [1.807, 2.05) is 19.1 Å². The standard InChI is InChI=1S/C21H16F2N4O3S/c1-10-3-6-17(31-10)16-8-13(19-11(2)27-30-21(19)26-16)20(29)24-9-18(28)25-12-4-5-14(22)15(23)7-12/h3-8H,9H2,1-2H3,(H,24,29)(H,25,28). The molecule has 0 fully saturated rings. The summed E-state index contributed by atoms with van der Waals surface area (Å²) in [5.74, 6) is -3.22. The van der Waals surface area contributed by atoms with Crippen LogP contribution < -0.4 is 10.6 Å². The first kappa shape index (κ1) is 20.6. The van der Waals surface area contributed by atoms with Crippen LogP contribution in [0.5, 0.6) is 0 Å². The maximum atomic E-state index is 13.3. The summed E-state index contributed by atoms with van der Waals surface area (Å²) in [6.45, 7) is 3.28. The first-order chi connectivity index (χ1) is 14.8. The predicted octanol–water partition coefficient (Wildman–Crippen LogP) is 4.21. The quantitative estimate of drug-likeness (QED) is 0.483. The molecular formula is C21H16F2N4O3S. The molecule has 0 aliphatic heterocycles. The van der Waals surface area contributed by atoms with Gasteiger partial charge in [-0.3, -0.25) is 9.59 Å². The minimum Gasteiger partial charge on any atom is -0.343 e. The van der Waals surface area contributed by atoms with E-state index >= 15 is 0 Å². The third kappa shape index (κ3) is 4.29. The van der Waals surface area contributed by atoms with Crippen LogP contribution in [0.2, 0.25) is 0 Å². The highest BCUT2D eigenvalue weighted by atomic mass is 32.1. The Hall–Kier alpha value is -3.66. The van der Waals surface area contributed by atoms with Crippen molar-refractivity contribution in [2.45, 2.75) is 13.8 Å². The minimum atomic E-state index is -1.08. The molecule has 3 aromatic heterocycles. The van der Waals surface area contributed by atoms with E-state index < -0.39 is 23.4 Å². The minimum absolute atomic E-state index is 0.0784. The second-order valence-corrected chi connectivity index (χ2v) is 8.06. The van der Waals surface area contributed by atoms with E-state index in [2.05, 4.69) is 20.8 Å². The highest BCUT2D eigenvalue weighted by molar-refractivity contribution is 7.15. The maximum absolute atomic E-state index is 13.3. The van der Waals surface area contributed by atoms with Crippen LogP contribution >= 0.6 is 11.3 Å². The number of carbonyl (C=O) groups is 2. The summed E-state index contributed by atoms with van der Waals surface area (Å²) < 4.78 is 31.5. The molecule has 0 atom stereocenters. The van der Waals surface area contributed by atoms with E-state index in [-0.39, 0.29) is 23.5 Å². The number of anilines is 1. The van der Waals surface area contributed by atoms with Gasteiger partial charge in [-0.1, -0.05) is 5.16 Å². The number of hydrogen-bond acceptors (Lipinski definition) is 6. The number of amides is 2. The number of nitrogens with zero attached hydrogens (tertiary/aromatic N) is 2. The van der Waals surface area contributed by atoms with Crippen LogP contribution in [-0.2, 0) is 4.79 Å². The molecule has 0 bridgehead atoms. The lowest BCUT2D eigenvalue weighted by Crippen LogP contribution is -2.33. The van der Waals surface area contributed by atoms with Crippen molar-refractivity contribution < 1.29 is 22.9 Å². The maximum Gasteiger partial charge on any atom is 0.259 e. The topological polar surface area (TPSA) is 97.1 Å². The number of aryl methyl sites for hydroxylation is 2. The van der Waals surface area contributed by atoms with Gasteiger partial charge in [-0.2, -0.15) is 0 Å². The Morgan fingerprint density at radius 3 is 2.61 bits per heavy atom. The van der Waals surface area contributed by atoms with Gasteiger partial charge in [-0.25, -0.2) is 13.8 Å². The molecule has 1 aromatic carbocycles. The van der Waals surface area contributed by atoms with E-state index in [0.29, 0.717) is 16.8 Å². The number of rotatable bonds is 5. The lowest BCUT2D eigenvalue weighted by Gasteiger charge is -2.09. The first-order valence-electron chi connectivity index (χ1n) is 9.19. The van der Waals surface area contributed by atoms with Crippen molar-refractivity contribution in [3.05, 3.63) is 64.2 Å². The van der Waals surface area contributed by atoms with Gasteiger partial charge in [0.15, 0.2) is 11.6 Å². The van der Waals surface area contributed by atoms with E-state index in [1.165, 1.54) is 17.4 Å². The Morgan fingerprint density at radius 1 is 1.10 bits per heavy atom. The summed E-state index contributed by atoms with van der Waals surface area (Å²) in [6.07, 6.45) is 0. The zero-order valence-corrected chi connectivity index (χ0v) is 17.3. The predicted molar refractivity (Wildman–Crippen MR) is 112 cm³/mol. The van der Waals surface area contributed by atoms with Crippen molar-refractivity contribution in [1.82, 2.24) is 15.5 Å². The van der Waals surface area contributed by atoms with Gasteiger partial charge >= 0.3 is 0 Å². The Kier molecular flexibility index (Phi) is 5.47. The molecule has 0 unspecified atom stereocenters. The number of aromatic nitrogens is 2. The van der Waals surface area contributed by atoms with Crippen molar-refractivity contribution in [3.63, 3.8) is 0 Å².